The van der Waals surface area contributed by atoms with Crippen molar-refractivity contribution in [1.29, 1.82) is 0 Å². The molecular formula is C9H14Br2. The fourth-order valence-electron chi connectivity index (χ4n) is 0.387. The van der Waals surface area contributed by atoms with Crippen molar-refractivity contribution in [2.45, 2.75) is 6.92 Å². The number of hydrogen-bond donors (Lipinski definition) is 0. The third-order valence-electron chi connectivity index (χ3n) is 0.919. The lowest BCUT2D eigenvalue weighted by atomic mass is 10.3. The van der Waals surface area contributed by atoms with Gasteiger partial charge in [-0.25, -0.2) is 0 Å². The Bertz CT molecular complexity index is 134. The number of allylic oxidation sites excluding steroid dienone is 5. The first-order valence-electron chi connectivity index (χ1n) is 3.23. The van der Waals surface area contributed by atoms with Gasteiger partial charge in [-0.3, -0.25) is 0 Å². The molecule has 0 aliphatic rings. The van der Waals surface area contributed by atoms with E-state index in [2.05, 4.69) is 38.4 Å². The van der Waals surface area contributed by atoms with Crippen LogP contribution in [0.5, 0.6) is 0 Å². The van der Waals surface area contributed by atoms with Gasteiger partial charge in [0.25, 0.3) is 0 Å². The SMILES string of the molecule is C=C/C(=C\C=C/C)CBr.CBr. The van der Waals surface area contributed by atoms with Crippen LogP contribution in [0, 0.1) is 0 Å². The predicted molar refractivity (Wildman–Crippen MR) is 61.7 cm³/mol. The largest absolute Gasteiger partial charge is 0.0988 e. The van der Waals surface area contributed by atoms with E-state index in [1.54, 1.807) is 0 Å². The van der Waals surface area contributed by atoms with Crippen molar-refractivity contribution in [2.75, 3.05) is 11.2 Å². The van der Waals surface area contributed by atoms with Crippen molar-refractivity contribution in [1.82, 2.24) is 0 Å². The van der Waals surface area contributed by atoms with Gasteiger partial charge in [0.1, 0.15) is 0 Å². The van der Waals surface area contributed by atoms with E-state index in [1.165, 1.54) is 5.57 Å². The zero-order valence-electron chi connectivity index (χ0n) is 6.98. The van der Waals surface area contributed by atoms with E-state index in [0.29, 0.717) is 0 Å². The smallest absolute Gasteiger partial charge is 0.0282 e. The van der Waals surface area contributed by atoms with E-state index in [0.717, 1.165) is 5.33 Å². The van der Waals surface area contributed by atoms with Crippen molar-refractivity contribution < 1.29 is 0 Å². The highest BCUT2D eigenvalue weighted by Crippen LogP contribution is 1.99. The summed E-state index contributed by atoms with van der Waals surface area (Å²) in [5.41, 5.74) is 1.20. The summed E-state index contributed by atoms with van der Waals surface area (Å²) in [4.78, 5) is 0. The topological polar surface area (TPSA) is 0 Å². The van der Waals surface area contributed by atoms with Gasteiger partial charge >= 0.3 is 0 Å². The Balaban J connectivity index is 0. The highest BCUT2D eigenvalue weighted by molar-refractivity contribution is 9.09. The molecule has 0 N–H and O–H groups in total. The standard InChI is InChI=1S/C8H11Br.CH3Br/c1-3-5-6-8(4-2)7-9;1-2/h3-6H,2,7H2,1H3;1H3/b5-3-,8-6+;. The fraction of sp³-hybridized carbons (Fsp3) is 0.333. The molecule has 0 aliphatic carbocycles. The van der Waals surface area contributed by atoms with Gasteiger partial charge < -0.3 is 0 Å². The summed E-state index contributed by atoms with van der Waals surface area (Å²) in [6, 6.07) is 0. The Kier molecular flexibility index (Phi) is 16.0. The van der Waals surface area contributed by atoms with E-state index >= 15 is 0 Å². The molecule has 0 rings (SSSR count). The molecule has 0 bridgehead atoms. The second-order valence-corrected chi connectivity index (χ2v) is 2.17. The molecule has 0 unspecified atom stereocenters. The average Bonchev–Trinajstić information content (AvgIpc) is 2.10. The summed E-state index contributed by atoms with van der Waals surface area (Å²) >= 11 is 6.27. The molecule has 0 fully saturated rings. The van der Waals surface area contributed by atoms with Crippen LogP contribution in [-0.4, -0.2) is 11.2 Å². The lowest BCUT2D eigenvalue weighted by Gasteiger charge is -1.88. The van der Waals surface area contributed by atoms with Crippen molar-refractivity contribution in [3.05, 3.63) is 36.5 Å². The van der Waals surface area contributed by atoms with Crippen molar-refractivity contribution in [3.8, 4) is 0 Å². The average molecular weight is 282 g/mol. The molecule has 0 atom stereocenters. The number of alkyl halides is 2. The van der Waals surface area contributed by atoms with E-state index in [-0.39, 0.29) is 0 Å². The summed E-state index contributed by atoms with van der Waals surface area (Å²) in [5.74, 6) is 1.81. The number of rotatable bonds is 3. The summed E-state index contributed by atoms with van der Waals surface area (Å²) in [5, 5.41) is 0.876. The normalized spacial score (nSPS) is 10.7. The molecule has 0 spiro atoms. The third-order valence-corrected chi connectivity index (χ3v) is 1.57. The number of halogens is 2. The maximum absolute atomic E-state index is 3.65. The van der Waals surface area contributed by atoms with E-state index in [1.807, 2.05) is 37.1 Å². The third kappa shape index (κ3) is 10.2. The summed E-state index contributed by atoms with van der Waals surface area (Å²) in [7, 11) is 0. The molecule has 2 heteroatoms. The van der Waals surface area contributed by atoms with Gasteiger partial charge in [0.05, 0.1) is 0 Å². The molecule has 0 radical (unpaired) electrons. The molecule has 0 saturated heterocycles. The number of hydrogen-bond acceptors (Lipinski definition) is 0. The Morgan fingerprint density at radius 2 is 2.00 bits per heavy atom. The second kappa shape index (κ2) is 12.8. The van der Waals surface area contributed by atoms with Gasteiger partial charge in [-0.1, -0.05) is 62.7 Å². The summed E-state index contributed by atoms with van der Waals surface area (Å²) < 4.78 is 0. The zero-order chi connectivity index (χ0) is 9.11. The highest BCUT2D eigenvalue weighted by Gasteiger charge is 1.81. The Labute approximate surface area is 86.3 Å². The maximum atomic E-state index is 3.65. The van der Waals surface area contributed by atoms with Gasteiger partial charge in [-0.2, -0.15) is 0 Å². The van der Waals surface area contributed by atoms with Crippen LogP contribution in [0.25, 0.3) is 0 Å². The maximum Gasteiger partial charge on any atom is 0.0282 e. The predicted octanol–water partition coefficient (Wildman–Crippen LogP) is 4.08. The van der Waals surface area contributed by atoms with Crippen LogP contribution in [0.3, 0.4) is 0 Å². The van der Waals surface area contributed by atoms with Crippen LogP contribution >= 0.6 is 31.9 Å². The van der Waals surface area contributed by atoms with E-state index in [9.17, 15) is 0 Å². The molecule has 11 heavy (non-hydrogen) atoms. The lowest BCUT2D eigenvalue weighted by molar-refractivity contribution is 1.57. The van der Waals surface area contributed by atoms with Crippen molar-refractivity contribution >= 4 is 31.9 Å². The van der Waals surface area contributed by atoms with Gasteiger partial charge in [0.2, 0.25) is 0 Å². The minimum absolute atomic E-state index is 0.876. The van der Waals surface area contributed by atoms with Gasteiger partial charge in [0, 0.05) is 5.33 Å². The quantitative estimate of drug-likeness (QED) is 0.540. The fourth-order valence-corrected chi connectivity index (χ4v) is 0.803. The first kappa shape index (κ1) is 13.7. The van der Waals surface area contributed by atoms with Crippen LogP contribution in [0.4, 0.5) is 0 Å². The molecule has 0 aliphatic heterocycles. The molecule has 0 amide bonds. The van der Waals surface area contributed by atoms with E-state index < -0.39 is 0 Å². The van der Waals surface area contributed by atoms with Crippen molar-refractivity contribution in [2.24, 2.45) is 0 Å². The van der Waals surface area contributed by atoms with Gasteiger partial charge in [-0.15, -0.1) is 0 Å². The Morgan fingerprint density at radius 3 is 2.27 bits per heavy atom. The first-order valence-corrected chi connectivity index (χ1v) is 5.94. The van der Waals surface area contributed by atoms with Crippen LogP contribution in [0.1, 0.15) is 6.92 Å². The van der Waals surface area contributed by atoms with Crippen LogP contribution in [0.2, 0.25) is 0 Å². The first-order chi connectivity index (χ1) is 5.35. The van der Waals surface area contributed by atoms with Crippen molar-refractivity contribution in [3.63, 3.8) is 0 Å². The van der Waals surface area contributed by atoms with Gasteiger partial charge in [0.15, 0.2) is 0 Å². The molecule has 0 nitrogen and oxygen atoms in total. The van der Waals surface area contributed by atoms with Crippen LogP contribution < -0.4 is 0 Å². The van der Waals surface area contributed by atoms with Gasteiger partial charge in [-0.05, 0) is 18.3 Å². The molecule has 0 heterocycles. The van der Waals surface area contributed by atoms with Crippen LogP contribution in [0.15, 0.2) is 36.5 Å². The molecule has 0 aromatic carbocycles. The monoisotopic (exact) mass is 280 g/mol. The van der Waals surface area contributed by atoms with Crippen LogP contribution in [-0.2, 0) is 0 Å². The lowest BCUT2D eigenvalue weighted by Crippen LogP contribution is -1.74. The second-order valence-electron chi connectivity index (χ2n) is 1.61. The molecular weight excluding hydrogens is 268 g/mol. The summed E-state index contributed by atoms with van der Waals surface area (Å²) in [6.45, 7) is 5.64. The molecule has 64 valence electrons. The molecule has 0 saturated carbocycles. The minimum Gasteiger partial charge on any atom is -0.0988 e. The Morgan fingerprint density at radius 1 is 1.45 bits per heavy atom. The molecule has 0 aromatic rings. The van der Waals surface area contributed by atoms with E-state index in [4.69, 9.17) is 0 Å². The molecule has 0 aromatic heterocycles. The highest BCUT2D eigenvalue weighted by atomic mass is 79.9. The minimum atomic E-state index is 0.876. The summed E-state index contributed by atoms with van der Waals surface area (Å²) in [6.07, 6.45) is 7.86. The Hall–Kier alpha value is 0.180. The zero-order valence-corrected chi connectivity index (χ0v) is 10.2.